The highest BCUT2D eigenvalue weighted by molar-refractivity contribution is 6.26. The molecule has 6 heteroatoms. The van der Waals surface area contributed by atoms with E-state index in [0.29, 0.717) is 22.5 Å². The van der Waals surface area contributed by atoms with E-state index < -0.39 is 0 Å². The lowest BCUT2D eigenvalue weighted by molar-refractivity contribution is -0.125. The van der Waals surface area contributed by atoms with Crippen LogP contribution in [-0.4, -0.2) is 29.1 Å². The third kappa shape index (κ3) is 4.28. The number of rotatable bonds is 5. The minimum absolute atomic E-state index is 0.177. The summed E-state index contributed by atoms with van der Waals surface area (Å²) < 4.78 is 0. The molecule has 2 amide bonds. The molecule has 1 aliphatic rings. The number of nitrogens with one attached hydrogen (secondary N) is 1. The van der Waals surface area contributed by atoms with Crippen molar-refractivity contribution in [1.82, 2.24) is 5.01 Å². The van der Waals surface area contributed by atoms with Crippen LogP contribution in [0.5, 0.6) is 0 Å². The lowest BCUT2D eigenvalue weighted by Crippen LogP contribution is -2.22. The Morgan fingerprint density at radius 1 is 1.19 bits per heavy atom. The summed E-state index contributed by atoms with van der Waals surface area (Å²) in [4.78, 5) is 24.5. The zero-order valence-corrected chi connectivity index (χ0v) is 14.8. The normalized spacial score (nSPS) is 14.8. The van der Waals surface area contributed by atoms with Crippen LogP contribution >= 0.6 is 0 Å². The van der Waals surface area contributed by atoms with E-state index in [2.05, 4.69) is 10.4 Å². The Labute approximate surface area is 157 Å². The van der Waals surface area contributed by atoms with E-state index in [9.17, 15) is 9.59 Å². The van der Waals surface area contributed by atoms with Crippen LogP contribution in [-0.2, 0) is 4.79 Å². The molecule has 0 bridgehead atoms. The Balaban J connectivity index is 1.70. The molecule has 0 fully saturated rings. The minimum Gasteiger partial charge on any atom is -0.322 e. The van der Waals surface area contributed by atoms with Gasteiger partial charge in [0.05, 0.1) is 30.3 Å². The first-order chi connectivity index (χ1) is 13.1. The predicted octanol–water partition coefficient (Wildman–Crippen LogP) is 3.45. The molecule has 134 valence electrons. The second-order valence-corrected chi connectivity index (χ2v) is 6.02. The van der Waals surface area contributed by atoms with E-state index in [-0.39, 0.29) is 24.8 Å². The highest BCUT2D eigenvalue weighted by Crippen LogP contribution is 2.20. The number of benzene rings is 2. The molecule has 0 saturated heterocycles. The fourth-order valence-electron chi connectivity index (χ4n) is 2.67. The maximum absolute atomic E-state index is 12.4. The largest absolute Gasteiger partial charge is 0.322 e. The van der Waals surface area contributed by atoms with Gasteiger partial charge < -0.3 is 5.32 Å². The molecule has 0 saturated carbocycles. The lowest BCUT2D eigenvalue weighted by Gasteiger charge is -2.08. The van der Waals surface area contributed by atoms with Crippen LogP contribution in [0.3, 0.4) is 0 Å². The van der Waals surface area contributed by atoms with Gasteiger partial charge in [-0.3, -0.25) is 9.59 Å². The molecule has 2 aromatic rings. The number of anilines is 1. The Bertz CT molecular complexity index is 954. The monoisotopic (exact) mass is 358 g/mol. The Kier molecular flexibility index (Phi) is 5.43. The van der Waals surface area contributed by atoms with Gasteiger partial charge in [-0.15, -0.1) is 0 Å². The second kappa shape index (κ2) is 8.11. The summed E-state index contributed by atoms with van der Waals surface area (Å²) in [6.45, 7) is 2.05. The Hall–Kier alpha value is -3.72. The van der Waals surface area contributed by atoms with Gasteiger partial charge >= 0.3 is 0 Å². The molecule has 0 unspecified atom stereocenters. The number of nitrogens with zero attached hydrogens (tertiary/aromatic N) is 3. The van der Waals surface area contributed by atoms with E-state index in [0.717, 1.165) is 5.56 Å². The van der Waals surface area contributed by atoms with Crippen molar-refractivity contribution in [3.63, 3.8) is 0 Å². The van der Waals surface area contributed by atoms with Crippen LogP contribution in [0.2, 0.25) is 0 Å². The molecule has 0 spiro atoms. The average Bonchev–Trinajstić information content (AvgIpc) is 2.96. The van der Waals surface area contributed by atoms with Gasteiger partial charge in [0.25, 0.3) is 11.8 Å². The van der Waals surface area contributed by atoms with Crippen LogP contribution in [0.1, 0.15) is 29.3 Å². The van der Waals surface area contributed by atoms with Crippen molar-refractivity contribution in [2.45, 2.75) is 13.3 Å². The third-order valence-corrected chi connectivity index (χ3v) is 4.08. The molecule has 1 heterocycles. The second-order valence-electron chi connectivity index (χ2n) is 6.02. The summed E-state index contributed by atoms with van der Waals surface area (Å²) in [5, 5.41) is 17.0. The van der Waals surface area contributed by atoms with E-state index in [1.54, 1.807) is 37.3 Å². The maximum atomic E-state index is 12.4. The lowest BCUT2D eigenvalue weighted by atomic mass is 10.1. The summed E-state index contributed by atoms with van der Waals surface area (Å²) in [5.41, 5.74) is 3.22. The van der Waals surface area contributed by atoms with Gasteiger partial charge in [0.1, 0.15) is 0 Å². The van der Waals surface area contributed by atoms with Crippen LogP contribution < -0.4 is 5.32 Å². The van der Waals surface area contributed by atoms with Gasteiger partial charge in [-0.25, -0.2) is 5.01 Å². The van der Waals surface area contributed by atoms with Gasteiger partial charge in [-0.2, -0.15) is 10.4 Å². The highest BCUT2D eigenvalue weighted by Gasteiger charge is 2.26. The van der Waals surface area contributed by atoms with Crippen molar-refractivity contribution in [3.05, 3.63) is 71.3 Å². The molecular formula is C21H18N4O2. The molecule has 3 rings (SSSR count). The molecule has 6 nitrogen and oxygen atoms in total. The van der Waals surface area contributed by atoms with E-state index >= 15 is 0 Å². The number of carbonyl (C=O) groups is 2. The quantitative estimate of drug-likeness (QED) is 0.831. The summed E-state index contributed by atoms with van der Waals surface area (Å²) in [6, 6.07) is 18.2. The van der Waals surface area contributed by atoms with Gasteiger partial charge in [-0.1, -0.05) is 30.3 Å². The molecule has 0 aromatic heterocycles. The molecule has 2 aromatic carbocycles. The summed E-state index contributed by atoms with van der Waals surface area (Å²) in [6.07, 6.45) is 2.00. The molecule has 1 N–H and O–H groups in total. The number of carbonyl (C=O) groups excluding carboxylic acids is 2. The highest BCUT2D eigenvalue weighted by atomic mass is 16.2. The van der Waals surface area contributed by atoms with Crippen LogP contribution in [0.25, 0.3) is 6.08 Å². The number of nitriles is 1. The first kappa shape index (κ1) is 18.1. The van der Waals surface area contributed by atoms with Crippen molar-refractivity contribution in [2.24, 2.45) is 5.10 Å². The number of hydrogen-bond acceptors (Lipinski definition) is 4. The number of hydrogen-bond donors (Lipinski definition) is 1. The average molecular weight is 358 g/mol. The Morgan fingerprint density at radius 2 is 1.89 bits per heavy atom. The molecular weight excluding hydrogens is 340 g/mol. The van der Waals surface area contributed by atoms with Crippen LogP contribution in [0.4, 0.5) is 5.69 Å². The smallest absolute Gasteiger partial charge is 0.275 e. The topological polar surface area (TPSA) is 85.6 Å². The Morgan fingerprint density at radius 3 is 2.56 bits per heavy atom. The third-order valence-electron chi connectivity index (χ3n) is 4.08. The first-order valence-corrected chi connectivity index (χ1v) is 8.51. The summed E-state index contributed by atoms with van der Waals surface area (Å²) in [5.74, 6) is -0.381. The van der Waals surface area contributed by atoms with E-state index in [4.69, 9.17) is 5.26 Å². The zero-order valence-electron chi connectivity index (χ0n) is 14.8. The van der Waals surface area contributed by atoms with Crippen molar-refractivity contribution in [1.29, 1.82) is 5.26 Å². The fourth-order valence-corrected chi connectivity index (χ4v) is 2.67. The molecule has 0 aliphatic carbocycles. The summed E-state index contributed by atoms with van der Waals surface area (Å²) in [7, 11) is 0. The van der Waals surface area contributed by atoms with Crippen LogP contribution in [0.15, 0.2) is 65.3 Å². The molecule has 27 heavy (non-hydrogen) atoms. The van der Waals surface area contributed by atoms with Gasteiger partial charge in [0.15, 0.2) is 0 Å². The maximum Gasteiger partial charge on any atom is 0.275 e. The van der Waals surface area contributed by atoms with Crippen molar-refractivity contribution >= 4 is 29.3 Å². The number of amides is 2. The van der Waals surface area contributed by atoms with Crippen LogP contribution in [0, 0.1) is 11.3 Å². The van der Waals surface area contributed by atoms with Gasteiger partial charge in [0.2, 0.25) is 0 Å². The van der Waals surface area contributed by atoms with Crippen molar-refractivity contribution < 1.29 is 9.59 Å². The SMILES string of the molecule is CC1=NN(CCC#N)C(=O)/C1=C/c1ccc(NC(=O)c2ccccc2)cc1. The molecule has 0 atom stereocenters. The van der Waals surface area contributed by atoms with Gasteiger partial charge in [0, 0.05) is 11.3 Å². The van der Waals surface area contributed by atoms with Crippen molar-refractivity contribution in [3.8, 4) is 6.07 Å². The van der Waals surface area contributed by atoms with E-state index in [1.165, 1.54) is 5.01 Å². The van der Waals surface area contributed by atoms with Crippen molar-refractivity contribution in [2.75, 3.05) is 11.9 Å². The number of hydrazone groups is 1. The minimum atomic E-state index is -0.204. The van der Waals surface area contributed by atoms with Gasteiger partial charge in [-0.05, 0) is 42.8 Å². The zero-order chi connectivity index (χ0) is 19.2. The molecule has 1 aliphatic heterocycles. The fraction of sp³-hybridized carbons (Fsp3) is 0.143. The first-order valence-electron chi connectivity index (χ1n) is 8.51. The standard InChI is InChI=1S/C21H18N4O2/c1-15-19(21(27)25(24-15)13-5-12-22)14-16-8-10-18(11-9-16)23-20(26)17-6-3-2-4-7-17/h2-4,6-11,14H,5,13H2,1H3,(H,23,26)/b19-14+. The summed E-state index contributed by atoms with van der Waals surface area (Å²) >= 11 is 0. The molecule has 0 radical (unpaired) electrons. The predicted molar refractivity (Wildman–Crippen MR) is 104 cm³/mol. The van der Waals surface area contributed by atoms with E-state index in [1.807, 2.05) is 36.4 Å².